The van der Waals surface area contributed by atoms with Gasteiger partial charge in [-0.25, -0.2) is 9.97 Å². The average Bonchev–Trinajstić information content (AvgIpc) is 3.18. The molecule has 0 radical (unpaired) electrons. The van der Waals surface area contributed by atoms with Crippen LogP contribution in [0.1, 0.15) is 23.1 Å². The topological polar surface area (TPSA) is 106 Å². The molecule has 0 aliphatic heterocycles. The number of anilines is 2. The van der Waals surface area contributed by atoms with Crippen LogP contribution in [0.4, 0.5) is 10.8 Å². The zero-order chi connectivity index (χ0) is 18.3. The van der Waals surface area contributed by atoms with E-state index in [9.17, 15) is 4.79 Å². The van der Waals surface area contributed by atoms with Crippen molar-refractivity contribution in [2.24, 2.45) is 5.73 Å². The first-order valence-corrected chi connectivity index (χ1v) is 8.96. The molecule has 2 aromatic carbocycles. The molecule has 0 bridgehead atoms. The lowest BCUT2D eigenvalue weighted by molar-refractivity contribution is 0.100. The number of aromatic nitrogens is 3. The molecular formula is C18H17N5O2S. The highest BCUT2D eigenvalue weighted by Crippen LogP contribution is 2.35. The number of benzene rings is 2. The number of aryl methyl sites for hydroxylation is 1. The molecule has 4 rings (SSSR count). The second-order valence-corrected chi connectivity index (χ2v) is 6.81. The highest BCUT2D eigenvalue weighted by molar-refractivity contribution is 7.22. The highest BCUT2D eigenvalue weighted by Gasteiger charge is 2.13. The summed E-state index contributed by atoms with van der Waals surface area (Å²) < 4.78 is 6.66. The molecule has 4 aromatic rings. The second-order valence-electron chi connectivity index (χ2n) is 5.78. The van der Waals surface area contributed by atoms with Crippen molar-refractivity contribution in [1.29, 1.82) is 0 Å². The van der Waals surface area contributed by atoms with Gasteiger partial charge in [0.15, 0.2) is 5.13 Å². The van der Waals surface area contributed by atoms with Crippen LogP contribution >= 0.6 is 11.3 Å². The zero-order valence-corrected chi connectivity index (χ0v) is 15.1. The summed E-state index contributed by atoms with van der Waals surface area (Å²) in [6.45, 7) is 4.33. The molecule has 0 atom stereocenters. The lowest BCUT2D eigenvalue weighted by Gasteiger charge is -2.11. The Morgan fingerprint density at radius 1 is 1.27 bits per heavy atom. The summed E-state index contributed by atoms with van der Waals surface area (Å²) in [7, 11) is 0. The van der Waals surface area contributed by atoms with Crippen molar-refractivity contribution >= 4 is 49.3 Å². The summed E-state index contributed by atoms with van der Waals surface area (Å²) in [5.74, 6) is 0.995. The van der Waals surface area contributed by atoms with E-state index >= 15 is 0 Å². The first-order valence-electron chi connectivity index (χ1n) is 8.14. The van der Waals surface area contributed by atoms with Crippen molar-refractivity contribution in [2.75, 3.05) is 11.9 Å². The Morgan fingerprint density at radius 3 is 2.88 bits per heavy atom. The largest absolute Gasteiger partial charge is 0.492 e. The molecule has 8 heteroatoms. The number of imidazole rings is 1. The summed E-state index contributed by atoms with van der Waals surface area (Å²) in [5.41, 5.74) is 9.09. The number of hydrogen-bond donors (Lipinski definition) is 3. The molecule has 4 N–H and O–H groups in total. The van der Waals surface area contributed by atoms with E-state index in [4.69, 9.17) is 10.5 Å². The number of nitrogens with one attached hydrogen (secondary N) is 2. The summed E-state index contributed by atoms with van der Waals surface area (Å²) >= 11 is 1.51. The SMILES string of the molecule is CCOc1ccc(C(N)=O)cc1Nc1nc2c(ccc3[nH]c(C)nc32)s1. The molecule has 7 nitrogen and oxygen atoms in total. The van der Waals surface area contributed by atoms with Gasteiger partial charge in [-0.1, -0.05) is 11.3 Å². The third-order valence-corrected chi connectivity index (χ3v) is 4.87. The van der Waals surface area contributed by atoms with E-state index in [0.717, 1.165) is 27.1 Å². The summed E-state index contributed by atoms with van der Waals surface area (Å²) in [6, 6.07) is 9.06. The fourth-order valence-corrected chi connectivity index (χ4v) is 3.70. The zero-order valence-electron chi connectivity index (χ0n) is 14.3. The van der Waals surface area contributed by atoms with Crippen molar-refractivity contribution in [3.8, 4) is 5.75 Å². The van der Waals surface area contributed by atoms with Gasteiger partial charge in [-0.15, -0.1) is 0 Å². The third-order valence-electron chi connectivity index (χ3n) is 3.93. The number of nitrogens with two attached hydrogens (primary N) is 1. The number of nitrogens with zero attached hydrogens (tertiary/aromatic N) is 2. The van der Waals surface area contributed by atoms with Crippen molar-refractivity contribution in [1.82, 2.24) is 15.0 Å². The number of amides is 1. The van der Waals surface area contributed by atoms with E-state index in [-0.39, 0.29) is 0 Å². The molecule has 0 saturated carbocycles. The molecule has 0 saturated heterocycles. The van der Waals surface area contributed by atoms with Gasteiger partial charge in [0.05, 0.1) is 22.5 Å². The first-order chi connectivity index (χ1) is 12.5. The van der Waals surface area contributed by atoms with Crippen LogP contribution in [-0.4, -0.2) is 27.5 Å². The fourth-order valence-electron chi connectivity index (χ4n) is 2.82. The van der Waals surface area contributed by atoms with Gasteiger partial charge in [-0.05, 0) is 44.2 Å². The van der Waals surface area contributed by atoms with Gasteiger partial charge in [-0.3, -0.25) is 4.79 Å². The van der Waals surface area contributed by atoms with E-state index < -0.39 is 5.91 Å². The molecule has 0 aliphatic carbocycles. The lowest BCUT2D eigenvalue weighted by atomic mass is 10.2. The minimum atomic E-state index is -0.492. The van der Waals surface area contributed by atoms with Crippen LogP contribution < -0.4 is 15.8 Å². The Bertz CT molecular complexity index is 1130. The fraction of sp³-hybridized carbons (Fsp3) is 0.167. The van der Waals surface area contributed by atoms with E-state index in [2.05, 4.69) is 20.3 Å². The Kier molecular flexibility index (Phi) is 3.96. The lowest BCUT2D eigenvalue weighted by Crippen LogP contribution is -2.11. The number of hydrogen-bond acceptors (Lipinski definition) is 6. The minimum absolute atomic E-state index is 0.405. The minimum Gasteiger partial charge on any atom is -0.492 e. The Labute approximate surface area is 153 Å². The van der Waals surface area contributed by atoms with Gasteiger partial charge in [0.25, 0.3) is 0 Å². The molecule has 132 valence electrons. The van der Waals surface area contributed by atoms with Crippen LogP contribution in [0, 0.1) is 6.92 Å². The number of primary amides is 1. The van der Waals surface area contributed by atoms with Crippen molar-refractivity contribution in [3.05, 3.63) is 41.7 Å². The van der Waals surface area contributed by atoms with Gasteiger partial charge in [0.1, 0.15) is 22.6 Å². The summed E-state index contributed by atoms with van der Waals surface area (Å²) in [6.07, 6.45) is 0. The maximum absolute atomic E-state index is 11.5. The van der Waals surface area contributed by atoms with Gasteiger partial charge >= 0.3 is 0 Å². The van der Waals surface area contributed by atoms with Gasteiger partial charge in [-0.2, -0.15) is 0 Å². The number of ether oxygens (including phenoxy) is 1. The highest BCUT2D eigenvalue weighted by atomic mass is 32.1. The number of aromatic amines is 1. The predicted molar refractivity (Wildman–Crippen MR) is 103 cm³/mol. The molecule has 0 fully saturated rings. The Balaban J connectivity index is 1.78. The van der Waals surface area contributed by atoms with E-state index in [0.29, 0.717) is 28.7 Å². The van der Waals surface area contributed by atoms with Crippen LogP contribution in [-0.2, 0) is 0 Å². The van der Waals surface area contributed by atoms with Crippen LogP contribution in [0.15, 0.2) is 30.3 Å². The maximum Gasteiger partial charge on any atom is 0.248 e. The molecular weight excluding hydrogens is 350 g/mol. The van der Waals surface area contributed by atoms with Crippen LogP contribution in [0.5, 0.6) is 5.75 Å². The number of thiazole rings is 1. The molecule has 0 unspecified atom stereocenters. The third kappa shape index (κ3) is 2.84. The Morgan fingerprint density at radius 2 is 2.12 bits per heavy atom. The molecule has 2 aromatic heterocycles. The summed E-state index contributed by atoms with van der Waals surface area (Å²) in [5, 5.41) is 3.94. The molecule has 1 amide bonds. The van der Waals surface area contributed by atoms with Gasteiger partial charge < -0.3 is 20.8 Å². The van der Waals surface area contributed by atoms with E-state index in [1.54, 1.807) is 18.2 Å². The molecule has 2 heterocycles. The first kappa shape index (κ1) is 16.3. The molecule has 0 spiro atoms. The average molecular weight is 367 g/mol. The van der Waals surface area contributed by atoms with Gasteiger partial charge in [0, 0.05) is 5.56 Å². The maximum atomic E-state index is 11.5. The number of rotatable bonds is 5. The van der Waals surface area contributed by atoms with Gasteiger partial charge in [0.2, 0.25) is 5.91 Å². The van der Waals surface area contributed by atoms with Crippen LogP contribution in [0.2, 0.25) is 0 Å². The second kappa shape index (κ2) is 6.30. The van der Waals surface area contributed by atoms with Crippen molar-refractivity contribution in [3.63, 3.8) is 0 Å². The normalized spacial score (nSPS) is 11.2. The van der Waals surface area contributed by atoms with Crippen LogP contribution in [0.25, 0.3) is 21.3 Å². The number of carbonyl (C=O) groups is 1. The molecule has 26 heavy (non-hydrogen) atoms. The smallest absolute Gasteiger partial charge is 0.248 e. The summed E-state index contributed by atoms with van der Waals surface area (Å²) in [4.78, 5) is 23.9. The standard InChI is InChI=1S/C18H17N5O2S/c1-3-25-13-6-4-10(17(19)24)8-12(13)22-18-23-16-14(26-18)7-5-11-15(16)21-9(2)20-11/h4-8H,3H2,1-2H3,(H2,19,24)(H,20,21)(H,22,23). The van der Waals surface area contributed by atoms with Crippen molar-refractivity contribution < 1.29 is 9.53 Å². The monoisotopic (exact) mass is 367 g/mol. The van der Waals surface area contributed by atoms with Crippen molar-refractivity contribution in [2.45, 2.75) is 13.8 Å². The van der Waals surface area contributed by atoms with E-state index in [1.807, 2.05) is 26.0 Å². The van der Waals surface area contributed by atoms with Crippen LogP contribution in [0.3, 0.4) is 0 Å². The number of H-pyrrole nitrogens is 1. The number of carbonyl (C=O) groups excluding carboxylic acids is 1. The Hall–Kier alpha value is -3.13. The predicted octanol–water partition coefficient (Wildman–Crippen LogP) is 3.72. The molecule has 0 aliphatic rings. The number of fused-ring (bicyclic) bond motifs is 3. The van der Waals surface area contributed by atoms with E-state index in [1.165, 1.54) is 11.3 Å². The quantitative estimate of drug-likeness (QED) is 0.498.